The van der Waals surface area contributed by atoms with Gasteiger partial charge in [-0.05, 0) is 30.2 Å². The van der Waals surface area contributed by atoms with Gasteiger partial charge in [0, 0.05) is 5.56 Å². The summed E-state index contributed by atoms with van der Waals surface area (Å²) in [5.74, 6) is 0.271. The van der Waals surface area contributed by atoms with Gasteiger partial charge in [0.25, 0.3) is 0 Å². The number of methoxy groups -OCH3 is 1. The summed E-state index contributed by atoms with van der Waals surface area (Å²) in [4.78, 5) is 0. The maximum absolute atomic E-state index is 13.5. The van der Waals surface area contributed by atoms with Crippen LogP contribution in [-0.4, -0.2) is 12.2 Å². The van der Waals surface area contributed by atoms with Crippen molar-refractivity contribution >= 4 is 0 Å². The molecule has 2 aromatic rings. The van der Waals surface area contributed by atoms with Crippen LogP contribution in [-0.2, 0) is 0 Å². The van der Waals surface area contributed by atoms with E-state index >= 15 is 0 Å². The third kappa shape index (κ3) is 2.36. The summed E-state index contributed by atoms with van der Waals surface area (Å²) in [6.45, 7) is 1.69. The van der Waals surface area contributed by atoms with Crippen LogP contribution in [0.3, 0.4) is 0 Å². The number of hydrogen-bond donors (Lipinski definition) is 1. The summed E-state index contributed by atoms with van der Waals surface area (Å²) in [6.07, 6.45) is -0.892. The lowest BCUT2D eigenvalue weighted by molar-refractivity contribution is 0.214. The first-order valence-corrected chi connectivity index (χ1v) is 5.70. The number of para-hydroxylation sites is 1. The van der Waals surface area contributed by atoms with Gasteiger partial charge in [0.2, 0.25) is 0 Å². The number of aliphatic hydroxyl groups is 1. The SMILES string of the molecule is COc1ccccc1C(O)c1ccc(C)c(F)c1. The first-order valence-electron chi connectivity index (χ1n) is 5.70. The van der Waals surface area contributed by atoms with E-state index in [1.807, 2.05) is 12.1 Å². The molecule has 2 rings (SSSR count). The molecule has 0 bridgehead atoms. The van der Waals surface area contributed by atoms with Gasteiger partial charge in [0.1, 0.15) is 17.7 Å². The lowest BCUT2D eigenvalue weighted by Crippen LogP contribution is -2.03. The third-order valence-electron chi connectivity index (χ3n) is 2.95. The van der Waals surface area contributed by atoms with Crippen LogP contribution in [0, 0.1) is 12.7 Å². The Hall–Kier alpha value is -1.87. The maximum atomic E-state index is 13.5. The molecule has 0 aliphatic carbocycles. The molecular formula is C15H15FO2. The average Bonchev–Trinajstić information content (AvgIpc) is 2.41. The molecule has 1 N–H and O–H groups in total. The lowest BCUT2D eigenvalue weighted by Gasteiger charge is -2.15. The Morgan fingerprint density at radius 1 is 1.17 bits per heavy atom. The van der Waals surface area contributed by atoms with Crippen molar-refractivity contribution in [2.45, 2.75) is 13.0 Å². The van der Waals surface area contributed by atoms with Crippen LogP contribution in [0.1, 0.15) is 22.8 Å². The quantitative estimate of drug-likeness (QED) is 0.901. The van der Waals surface area contributed by atoms with Crippen molar-refractivity contribution in [3.63, 3.8) is 0 Å². The van der Waals surface area contributed by atoms with E-state index in [0.717, 1.165) is 0 Å². The second-order valence-corrected chi connectivity index (χ2v) is 4.15. The number of halogens is 1. The Kier molecular flexibility index (Phi) is 3.63. The zero-order chi connectivity index (χ0) is 13.1. The van der Waals surface area contributed by atoms with Gasteiger partial charge in [0.15, 0.2) is 0 Å². The van der Waals surface area contributed by atoms with Crippen molar-refractivity contribution in [2.24, 2.45) is 0 Å². The highest BCUT2D eigenvalue weighted by molar-refractivity contribution is 5.40. The summed E-state index contributed by atoms with van der Waals surface area (Å²) >= 11 is 0. The molecular weight excluding hydrogens is 231 g/mol. The molecule has 0 aliphatic rings. The highest BCUT2D eigenvalue weighted by Crippen LogP contribution is 2.30. The van der Waals surface area contributed by atoms with Gasteiger partial charge < -0.3 is 9.84 Å². The van der Waals surface area contributed by atoms with Gasteiger partial charge in [0.05, 0.1) is 7.11 Å². The molecule has 0 radical (unpaired) electrons. The molecule has 1 atom stereocenters. The van der Waals surface area contributed by atoms with Gasteiger partial charge in [-0.3, -0.25) is 0 Å². The van der Waals surface area contributed by atoms with E-state index < -0.39 is 6.10 Å². The molecule has 2 nitrogen and oxygen atoms in total. The summed E-state index contributed by atoms with van der Waals surface area (Å²) in [6, 6.07) is 11.9. The zero-order valence-electron chi connectivity index (χ0n) is 10.4. The van der Waals surface area contributed by atoms with Crippen molar-refractivity contribution in [3.8, 4) is 5.75 Å². The van der Waals surface area contributed by atoms with Gasteiger partial charge in [-0.2, -0.15) is 0 Å². The second-order valence-electron chi connectivity index (χ2n) is 4.15. The highest BCUT2D eigenvalue weighted by Gasteiger charge is 2.15. The van der Waals surface area contributed by atoms with Crippen LogP contribution in [0.4, 0.5) is 4.39 Å². The fourth-order valence-corrected chi connectivity index (χ4v) is 1.85. The Morgan fingerprint density at radius 2 is 1.89 bits per heavy atom. The van der Waals surface area contributed by atoms with Gasteiger partial charge in [-0.1, -0.05) is 30.3 Å². The number of aryl methyl sites for hydroxylation is 1. The van der Waals surface area contributed by atoms with Crippen molar-refractivity contribution < 1.29 is 14.2 Å². The number of rotatable bonds is 3. The average molecular weight is 246 g/mol. The smallest absolute Gasteiger partial charge is 0.126 e. The summed E-state index contributed by atoms with van der Waals surface area (Å²) in [5, 5.41) is 10.3. The van der Waals surface area contributed by atoms with Gasteiger partial charge in [-0.15, -0.1) is 0 Å². The molecule has 0 aliphatic heterocycles. The first-order chi connectivity index (χ1) is 8.63. The fraction of sp³-hybridized carbons (Fsp3) is 0.200. The van der Waals surface area contributed by atoms with Crippen molar-refractivity contribution in [3.05, 3.63) is 65.0 Å². The van der Waals surface area contributed by atoms with Crippen LogP contribution >= 0.6 is 0 Å². The van der Waals surface area contributed by atoms with E-state index in [9.17, 15) is 9.50 Å². The molecule has 0 saturated heterocycles. The first kappa shape index (κ1) is 12.6. The minimum atomic E-state index is -0.892. The molecule has 0 aromatic heterocycles. The lowest BCUT2D eigenvalue weighted by atomic mass is 9.99. The normalized spacial score (nSPS) is 12.2. The molecule has 3 heteroatoms. The second kappa shape index (κ2) is 5.19. The molecule has 0 spiro atoms. The van der Waals surface area contributed by atoms with E-state index in [-0.39, 0.29) is 5.82 Å². The van der Waals surface area contributed by atoms with E-state index in [0.29, 0.717) is 22.4 Å². The molecule has 0 saturated carbocycles. The minimum Gasteiger partial charge on any atom is -0.496 e. The number of ether oxygens (including phenoxy) is 1. The van der Waals surface area contributed by atoms with E-state index in [2.05, 4.69) is 0 Å². The minimum absolute atomic E-state index is 0.318. The molecule has 2 aromatic carbocycles. The summed E-state index contributed by atoms with van der Waals surface area (Å²) < 4.78 is 18.7. The van der Waals surface area contributed by atoms with Crippen LogP contribution in [0.25, 0.3) is 0 Å². The van der Waals surface area contributed by atoms with Crippen LogP contribution in [0.15, 0.2) is 42.5 Å². The molecule has 1 unspecified atom stereocenters. The van der Waals surface area contributed by atoms with Gasteiger partial charge >= 0.3 is 0 Å². The van der Waals surface area contributed by atoms with E-state index in [1.165, 1.54) is 6.07 Å². The van der Waals surface area contributed by atoms with Crippen molar-refractivity contribution in [2.75, 3.05) is 7.11 Å². The third-order valence-corrected chi connectivity index (χ3v) is 2.95. The van der Waals surface area contributed by atoms with E-state index in [1.54, 1.807) is 38.3 Å². The Balaban J connectivity index is 2.41. The van der Waals surface area contributed by atoms with Gasteiger partial charge in [-0.25, -0.2) is 4.39 Å². The molecule has 0 fully saturated rings. The van der Waals surface area contributed by atoms with Crippen LogP contribution in [0.2, 0.25) is 0 Å². The summed E-state index contributed by atoms with van der Waals surface area (Å²) in [5.41, 5.74) is 1.71. The number of benzene rings is 2. The highest BCUT2D eigenvalue weighted by atomic mass is 19.1. The monoisotopic (exact) mass is 246 g/mol. The topological polar surface area (TPSA) is 29.5 Å². The largest absolute Gasteiger partial charge is 0.496 e. The zero-order valence-corrected chi connectivity index (χ0v) is 10.4. The molecule has 94 valence electrons. The Bertz CT molecular complexity index is 552. The maximum Gasteiger partial charge on any atom is 0.126 e. The molecule has 18 heavy (non-hydrogen) atoms. The fourth-order valence-electron chi connectivity index (χ4n) is 1.85. The van der Waals surface area contributed by atoms with Crippen LogP contribution < -0.4 is 4.74 Å². The predicted molar refractivity (Wildman–Crippen MR) is 68.2 cm³/mol. The predicted octanol–water partition coefficient (Wildman–Crippen LogP) is 3.22. The number of hydrogen-bond acceptors (Lipinski definition) is 2. The molecule has 0 amide bonds. The Labute approximate surface area is 106 Å². The van der Waals surface area contributed by atoms with Crippen LogP contribution in [0.5, 0.6) is 5.75 Å². The standard InChI is InChI=1S/C15H15FO2/c1-10-7-8-11(9-13(10)16)15(17)12-5-3-4-6-14(12)18-2/h3-9,15,17H,1-2H3. The van der Waals surface area contributed by atoms with E-state index in [4.69, 9.17) is 4.74 Å². The van der Waals surface area contributed by atoms with Crippen molar-refractivity contribution in [1.29, 1.82) is 0 Å². The van der Waals surface area contributed by atoms with Crippen molar-refractivity contribution in [1.82, 2.24) is 0 Å². The Morgan fingerprint density at radius 3 is 2.56 bits per heavy atom. The summed E-state index contributed by atoms with van der Waals surface area (Å²) in [7, 11) is 1.54. The number of aliphatic hydroxyl groups excluding tert-OH is 1. The molecule has 0 heterocycles.